The maximum absolute atomic E-state index is 6.18. The highest BCUT2D eigenvalue weighted by Crippen LogP contribution is 2.21. The first-order valence-corrected chi connectivity index (χ1v) is 6.60. The highest BCUT2D eigenvalue weighted by Gasteiger charge is 2.14. The first kappa shape index (κ1) is 12.8. The predicted octanol–water partition coefficient (Wildman–Crippen LogP) is 3.17. The van der Waals surface area contributed by atoms with E-state index in [1.165, 1.54) is 0 Å². The van der Waals surface area contributed by atoms with Crippen molar-refractivity contribution in [2.45, 2.75) is 6.04 Å². The van der Waals surface area contributed by atoms with Crippen LogP contribution >= 0.6 is 11.6 Å². The largest absolute Gasteiger partial charge is 0.318 e. The quantitative estimate of drug-likeness (QED) is 0.776. The van der Waals surface area contributed by atoms with Crippen LogP contribution in [0.5, 0.6) is 0 Å². The summed E-state index contributed by atoms with van der Waals surface area (Å²) in [6.45, 7) is 0. The Bertz CT molecular complexity index is 691. The Balaban J connectivity index is 1.88. The maximum atomic E-state index is 6.18. The number of benzene rings is 2. The van der Waals surface area contributed by atoms with Crippen molar-refractivity contribution in [3.8, 4) is 11.4 Å². The second kappa shape index (κ2) is 5.45. The Hall–Kier alpha value is -2.17. The van der Waals surface area contributed by atoms with Gasteiger partial charge in [-0.25, -0.2) is 4.98 Å². The summed E-state index contributed by atoms with van der Waals surface area (Å²) >= 11 is 5.87. The van der Waals surface area contributed by atoms with Crippen molar-refractivity contribution in [3.05, 3.63) is 71.0 Å². The molecule has 3 N–H and O–H groups in total. The molecule has 0 saturated carbocycles. The maximum Gasteiger partial charge on any atom is 0.181 e. The van der Waals surface area contributed by atoms with Crippen LogP contribution in [-0.2, 0) is 0 Å². The van der Waals surface area contributed by atoms with Gasteiger partial charge in [0, 0.05) is 10.6 Å². The Morgan fingerprint density at radius 3 is 2.40 bits per heavy atom. The zero-order valence-electron chi connectivity index (χ0n) is 10.6. The van der Waals surface area contributed by atoms with Crippen molar-refractivity contribution >= 4 is 11.6 Å². The summed E-state index contributed by atoms with van der Waals surface area (Å²) in [5, 5.41) is 7.79. The fourth-order valence-corrected chi connectivity index (χ4v) is 2.08. The summed E-state index contributed by atoms with van der Waals surface area (Å²) in [5.41, 5.74) is 8.07. The number of aromatic amines is 1. The third-order valence-electron chi connectivity index (χ3n) is 3.06. The van der Waals surface area contributed by atoms with Crippen LogP contribution in [0.1, 0.15) is 17.4 Å². The fourth-order valence-electron chi connectivity index (χ4n) is 1.96. The van der Waals surface area contributed by atoms with Crippen LogP contribution in [0.4, 0.5) is 0 Å². The van der Waals surface area contributed by atoms with E-state index in [4.69, 9.17) is 17.3 Å². The van der Waals surface area contributed by atoms with Crippen LogP contribution in [0, 0.1) is 0 Å². The van der Waals surface area contributed by atoms with Crippen molar-refractivity contribution in [1.29, 1.82) is 0 Å². The highest BCUT2D eigenvalue weighted by atomic mass is 35.5. The van der Waals surface area contributed by atoms with Gasteiger partial charge in [-0.3, -0.25) is 5.10 Å². The number of aromatic nitrogens is 3. The molecule has 100 valence electrons. The number of rotatable bonds is 3. The Morgan fingerprint density at radius 1 is 1.00 bits per heavy atom. The van der Waals surface area contributed by atoms with Crippen LogP contribution < -0.4 is 5.73 Å². The number of H-pyrrole nitrogens is 1. The molecule has 0 bridgehead atoms. The molecule has 0 aliphatic carbocycles. The molecule has 3 aromatic rings. The van der Waals surface area contributed by atoms with E-state index in [9.17, 15) is 0 Å². The Morgan fingerprint density at radius 2 is 1.70 bits per heavy atom. The molecule has 3 rings (SSSR count). The Labute approximate surface area is 121 Å². The average Bonchev–Trinajstić information content (AvgIpc) is 2.98. The molecule has 1 atom stereocenters. The fraction of sp³-hybridized carbons (Fsp3) is 0.0667. The van der Waals surface area contributed by atoms with Crippen LogP contribution in [0.3, 0.4) is 0 Å². The SMILES string of the molecule is N[C@@H](c1ccc(Cl)cc1)c1nc(-c2ccccc2)n[nH]1. The van der Waals surface area contributed by atoms with Gasteiger partial charge in [0.15, 0.2) is 5.82 Å². The molecule has 1 heterocycles. The lowest BCUT2D eigenvalue weighted by Crippen LogP contribution is -2.13. The van der Waals surface area contributed by atoms with E-state index in [2.05, 4.69) is 15.2 Å². The molecular formula is C15H13ClN4. The van der Waals surface area contributed by atoms with E-state index in [0.29, 0.717) is 16.7 Å². The number of nitrogens with two attached hydrogens (primary N) is 1. The molecule has 0 radical (unpaired) electrons. The third kappa shape index (κ3) is 2.57. The van der Waals surface area contributed by atoms with Gasteiger partial charge in [-0.1, -0.05) is 54.1 Å². The summed E-state index contributed by atoms with van der Waals surface area (Å²) in [4.78, 5) is 4.45. The van der Waals surface area contributed by atoms with E-state index < -0.39 is 0 Å². The third-order valence-corrected chi connectivity index (χ3v) is 3.31. The molecule has 0 aliphatic rings. The summed E-state index contributed by atoms with van der Waals surface area (Å²) in [6, 6.07) is 16.8. The number of nitrogens with one attached hydrogen (secondary N) is 1. The second-order valence-electron chi connectivity index (χ2n) is 4.44. The van der Waals surface area contributed by atoms with Crippen LogP contribution in [-0.4, -0.2) is 15.2 Å². The minimum absolute atomic E-state index is 0.350. The first-order chi connectivity index (χ1) is 9.74. The van der Waals surface area contributed by atoms with Gasteiger partial charge in [0.05, 0.1) is 6.04 Å². The van der Waals surface area contributed by atoms with Gasteiger partial charge in [-0.05, 0) is 17.7 Å². The molecule has 2 aromatic carbocycles. The van der Waals surface area contributed by atoms with E-state index in [1.807, 2.05) is 54.6 Å². The lowest BCUT2D eigenvalue weighted by molar-refractivity contribution is 0.787. The lowest BCUT2D eigenvalue weighted by atomic mass is 10.1. The average molecular weight is 285 g/mol. The smallest absolute Gasteiger partial charge is 0.181 e. The molecule has 1 aromatic heterocycles. The van der Waals surface area contributed by atoms with Gasteiger partial charge < -0.3 is 5.73 Å². The van der Waals surface area contributed by atoms with Crippen LogP contribution in [0.2, 0.25) is 5.02 Å². The van der Waals surface area contributed by atoms with Crippen LogP contribution in [0.25, 0.3) is 11.4 Å². The van der Waals surface area contributed by atoms with Crippen LogP contribution in [0.15, 0.2) is 54.6 Å². The van der Waals surface area contributed by atoms with E-state index in [0.717, 1.165) is 11.1 Å². The summed E-state index contributed by atoms with van der Waals surface area (Å²) in [5.74, 6) is 1.27. The monoisotopic (exact) mass is 284 g/mol. The molecule has 20 heavy (non-hydrogen) atoms. The molecular weight excluding hydrogens is 272 g/mol. The molecule has 5 heteroatoms. The molecule has 0 spiro atoms. The summed E-state index contributed by atoms with van der Waals surface area (Å²) < 4.78 is 0. The number of nitrogens with zero attached hydrogens (tertiary/aromatic N) is 2. The zero-order chi connectivity index (χ0) is 13.9. The van der Waals surface area contributed by atoms with Crippen molar-refractivity contribution in [2.24, 2.45) is 5.73 Å². The molecule has 4 nitrogen and oxygen atoms in total. The molecule has 0 fully saturated rings. The van der Waals surface area contributed by atoms with Gasteiger partial charge in [0.1, 0.15) is 5.82 Å². The molecule has 0 saturated heterocycles. The summed E-state index contributed by atoms with van der Waals surface area (Å²) in [6.07, 6.45) is 0. The predicted molar refractivity (Wildman–Crippen MR) is 79.3 cm³/mol. The normalized spacial score (nSPS) is 12.3. The van der Waals surface area contributed by atoms with Gasteiger partial charge >= 0.3 is 0 Å². The second-order valence-corrected chi connectivity index (χ2v) is 4.88. The highest BCUT2D eigenvalue weighted by molar-refractivity contribution is 6.30. The topological polar surface area (TPSA) is 67.6 Å². The van der Waals surface area contributed by atoms with Crippen molar-refractivity contribution in [2.75, 3.05) is 0 Å². The van der Waals surface area contributed by atoms with Crippen molar-refractivity contribution in [1.82, 2.24) is 15.2 Å². The Kier molecular flexibility index (Phi) is 3.50. The number of hydrogen-bond donors (Lipinski definition) is 2. The van der Waals surface area contributed by atoms with Gasteiger partial charge in [-0.15, -0.1) is 0 Å². The summed E-state index contributed by atoms with van der Waals surface area (Å²) in [7, 11) is 0. The molecule has 0 amide bonds. The standard InChI is InChI=1S/C15H13ClN4/c16-12-8-6-10(7-9-12)13(17)15-18-14(19-20-15)11-4-2-1-3-5-11/h1-9,13H,17H2,(H,18,19,20)/t13-/m0/s1. The molecule has 0 unspecified atom stereocenters. The minimum Gasteiger partial charge on any atom is -0.318 e. The van der Waals surface area contributed by atoms with Gasteiger partial charge in [0.2, 0.25) is 0 Å². The van der Waals surface area contributed by atoms with E-state index in [1.54, 1.807) is 0 Å². The van der Waals surface area contributed by atoms with Crippen molar-refractivity contribution in [3.63, 3.8) is 0 Å². The zero-order valence-corrected chi connectivity index (χ0v) is 11.4. The van der Waals surface area contributed by atoms with E-state index in [-0.39, 0.29) is 6.04 Å². The first-order valence-electron chi connectivity index (χ1n) is 6.23. The van der Waals surface area contributed by atoms with Crippen molar-refractivity contribution < 1.29 is 0 Å². The lowest BCUT2D eigenvalue weighted by Gasteiger charge is -2.08. The van der Waals surface area contributed by atoms with Gasteiger partial charge in [0.25, 0.3) is 0 Å². The number of hydrogen-bond acceptors (Lipinski definition) is 3. The molecule has 0 aliphatic heterocycles. The van der Waals surface area contributed by atoms with Gasteiger partial charge in [-0.2, -0.15) is 5.10 Å². The number of halogens is 1. The minimum atomic E-state index is -0.350. The van der Waals surface area contributed by atoms with E-state index >= 15 is 0 Å².